The number of nitro benzene ring substituents is 1. The Morgan fingerprint density at radius 3 is 1.90 bits per heavy atom. The quantitative estimate of drug-likeness (QED) is 0.285. The average Bonchev–Trinajstić information content (AvgIpc) is 3.35. The molecular weight excluding hydrogens is 366 g/mol. The number of nitrogens with zero attached hydrogens (tertiary/aromatic N) is 1. The van der Waals surface area contributed by atoms with Crippen LogP contribution in [0.4, 0.5) is 5.69 Å². The summed E-state index contributed by atoms with van der Waals surface area (Å²) in [7, 11) is 0. The van der Waals surface area contributed by atoms with E-state index in [1.807, 2.05) is 60.9 Å². The van der Waals surface area contributed by atoms with Gasteiger partial charge in [0.15, 0.2) is 0 Å². The Labute approximate surface area is 165 Å². The standard InChI is InChI=1S/C23H17N3O3/c27-22-10-9-14(26(28)29)11-17(22)23(18-12-24-20-7-3-1-5-15(18)20)19-13-25-21-8-4-2-6-16(19)21/h1-13,23-25,27H. The highest BCUT2D eigenvalue weighted by Crippen LogP contribution is 2.43. The van der Waals surface area contributed by atoms with E-state index in [2.05, 4.69) is 9.97 Å². The lowest BCUT2D eigenvalue weighted by atomic mass is 9.84. The first-order valence-electron chi connectivity index (χ1n) is 9.23. The number of nitrogens with one attached hydrogen (secondary N) is 2. The molecule has 0 atom stereocenters. The van der Waals surface area contributed by atoms with Gasteiger partial charge in [-0.25, -0.2) is 0 Å². The number of rotatable bonds is 4. The molecule has 6 heteroatoms. The fraction of sp³-hybridized carbons (Fsp3) is 0.0435. The molecule has 142 valence electrons. The van der Waals surface area contributed by atoms with E-state index in [0.717, 1.165) is 32.9 Å². The maximum atomic E-state index is 11.4. The Morgan fingerprint density at radius 2 is 1.34 bits per heavy atom. The summed E-state index contributed by atoms with van der Waals surface area (Å²) in [5.41, 5.74) is 4.27. The van der Waals surface area contributed by atoms with Crippen LogP contribution in [-0.2, 0) is 0 Å². The third kappa shape index (κ3) is 2.73. The third-order valence-corrected chi connectivity index (χ3v) is 5.40. The Kier molecular flexibility index (Phi) is 3.84. The number of para-hydroxylation sites is 2. The molecule has 0 radical (unpaired) electrons. The molecule has 0 saturated heterocycles. The van der Waals surface area contributed by atoms with E-state index in [0.29, 0.717) is 5.56 Å². The van der Waals surface area contributed by atoms with Crippen LogP contribution in [0.1, 0.15) is 22.6 Å². The molecule has 29 heavy (non-hydrogen) atoms. The zero-order chi connectivity index (χ0) is 20.0. The number of H-pyrrole nitrogens is 2. The van der Waals surface area contributed by atoms with Gasteiger partial charge in [0, 0.05) is 57.8 Å². The van der Waals surface area contributed by atoms with Gasteiger partial charge in [-0.15, -0.1) is 0 Å². The molecular formula is C23H17N3O3. The minimum atomic E-state index is -0.440. The van der Waals surface area contributed by atoms with Gasteiger partial charge in [0.05, 0.1) is 4.92 Å². The van der Waals surface area contributed by atoms with E-state index in [4.69, 9.17) is 0 Å². The van der Waals surface area contributed by atoms with Gasteiger partial charge in [0.1, 0.15) is 5.75 Å². The molecule has 6 nitrogen and oxygen atoms in total. The number of phenols is 1. The summed E-state index contributed by atoms with van der Waals surface area (Å²) in [5, 5.41) is 24.1. The molecule has 0 fully saturated rings. The van der Waals surface area contributed by atoms with Crippen molar-refractivity contribution >= 4 is 27.5 Å². The zero-order valence-electron chi connectivity index (χ0n) is 15.3. The van der Waals surface area contributed by atoms with Crippen molar-refractivity contribution in [2.24, 2.45) is 0 Å². The van der Waals surface area contributed by atoms with Crippen LogP contribution in [0.3, 0.4) is 0 Å². The average molecular weight is 383 g/mol. The van der Waals surface area contributed by atoms with Crippen molar-refractivity contribution in [3.8, 4) is 5.75 Å². The first-order chi connectivity index (χ1) is 14.1. The molecule has 0 spiro atoms. The highest BCUT2D eigenvalue weighted by atomic mass is 16.6. The fourth-order valence-electron chi connectivity index (χ4n) is 4.05. The normalized spacial score (nSPS) is 11.5. The van der Waals surface area contributed by atoms with Crippen LogP contribution in [0, 0.1) is 10.1 Å². The van der Waals surface area contributed by atoms with Gasteiger partial charge in [0.2, 0.25) is 0 Å². The summed E-state index contributed by atoms with van der Waals surface area (Å²) in [6, 6.07) is 20.0. The summed E-state index contributed by atoms with van der Waals surface area (Å²) in [6.45, 7) is 0. The van der Waals surface area contributed by atoms with Gasteiger partial charge < -0.3 is 15.1 Å². The molecule has 5 aromatic rings. The summed E-state index contributed by atoms with van der Waals surface area (Å²) >= 11 is 0. The largest absolute Gasteiger partial charge is 0.508 e. The minimum absolute atomic E-state index is 0.0242. The first-order valence-corrected chi connectivity index (χ1v) is 9.23. The molecule has 0 saturated carbocycles. The first kappa shape index (κ1) is 17.1. The number of aromatic amines is 2. The number of aromatic hydroxyl groups is 1. The van der Waals surface area contributed by atoms with Crippen LogP contribution in [0.2, 0.25) is 0 Å². The Hall–Kier alpha value is -4.06. The number of fused-ring (bicyclic) bond motifs is 2. The van der Waals surface area contributed by atoms with Gasteiger partial charge in [0.25, 0.3) is 5.69 Å². The van der Waals surface area contributed by atoms with E-state index in [1.54, 1.807) is 0 Å². The lowest BCUT2D eigenvalue weighted by Gasteiger charge is -2.18. The fourth-order valence-corrected chi connectivity index (χ4v) is 4.05. The van der Waals surface area contributed by atoms with E-state index in [9.17, 15) is 15.2 Å². The molecule has 0 aliphatic rings. The predicted octanol–water partition coefficient (Wildman–Crippen LogP) is 5.44. The molecule has 5 rings (SSSR count). The highest BCUT2D eigenvalue weighted by Gasteiger charge is 2.27. The Bertz CT molecular complexity index is 1290. The van der Waals surface area contributed by atoms with Gasteiger partial charge >= 0.3 is 0 Å². The molecule has 3 N–H and O–H groups in total. The second-order valence-electron chi connectivity index (χ2n) is 7.01. The van der Waals surface area contributed by atoms with Crippen molar-refractivity contribution in [2.75, 3.05) is 0 Å². The predicted molar refractivity (Wildman–Crippen MR) is 112 cm³/mol. The second kappa shape index (κ2) is 6.53. The van der Waals surface area contributed by atoms with E-state index in [1.165, 1.54) is 18.2 Å². The molecule has 2 heterocycles. The van der Waals surface area contributed by atoms with Crippen LogP contribution >= 0.6 is 0 Å². The van der Waals surface area contributed by atoms with Gasteiger partial charge in [-0.3, -0.25) is 10.1 Å². The van der Waals surface area contributed by atoms with E-state index < -0.39 is 4.92 Å². The number of aromatic nitrogens is 2. The third-order valence-electron chi connectivity index (χ3n) is 5.40. The van der Waals surface area contributed by atoms with Crippen molar-refractivity contribution in [3.05, 3.63) is 106 Å². The van der Waals surface area contributed by atoms with Crippen molar-refractivity contribution in [3.63, 3.8) is 0 Å². The number of phenolic OH excluding ortho intramolecular Hbond substituents is 1. The van der Waals surface area contributed by atoms with Gasteiger partial charge in [-0.1, -0.05) is 36.4 Å². The summed E-state index contributed by atoms with van der Waals surface area (Å²) < 4.78 is 0. The Balaban J connectivity index is 1.83. The maximum absolute atomic E-state index is 11.4. The second-order valence-corrected chi connectivity index (χ2v) is 7.01. The minimum Gasteiger partial charge on any atom is -0.508 e. The number of benzene rings is 3. The summed E-state index contributed by atoms with van der Waals surface area (Å²) in [4.78, 5) is 17.5. The molecule has 2 aromatic heterocycles. The number of nitro groups is 1. The zero-order valence-corrected chi connectivity index (χ0v) is 15.3. The van der Waals surface area contributed by atoms with Crippen LogP contribution in [0.15, 0.2) is 79.1 Å². The number of hydrogen-bond acceptors (Lipinski definition) is 3. The monoisotopic (exact) mass is 383 g/mol. The van der Waals surface area contributed by atoms with E-state index >= 15 is 0 Å². The number of hydrogen-bond donors (Lipinski definition) is 3. The maximum Gasteiger partial charge on any atom is 0.270 e. The van der Waals surface area contributed by atoms with Crippen LogP contribution < -0.4 is 0 Å². The molecule has 0 aliphatic heterocycles. The molecule has 0 amide bonds. The van der Waals surface area contributed by atoms with Crippen molar-refractivity contribution in [2.45, 2.75) is 5.92 Å². The van der Waals surface area contributed by atoms with Crippen LogP contribution in [0.5, 0.6) is 5.75 Å². The van der Waals surface area contributed by atoms with Crippen LogP contribution in [0.25, 0.3) is 21.8 Å². The van der Waals surface area contributed by atoms with Crippen molar-refractivity contribution < 1.29 is 10.0 Å². The summed E-state index contributed by atoms with van der Waals surface area (Å²) in [5.74, 6) is -0.363. The van der Waals surface area contributed by atoms with Gasteiger partial charge in [-0.2, -0.15) is 0 Å². The van der Waals surface area contributed by atoms with Crippen LogP contribution in [-0.4, -0.2) is 20.0 Å². The lowest BCUT2D eigenvalue weighted by molar-refractivity contribution is -0.384. The SMILES string of the molecule is O=[N+]([O-])c1ccc(O)c(C(c2c[nH]c3ccccc23)c2c[nH]c3ccccc23)c1. The van der Waals surface area contributed by atoms with Crippen molar-refractivity contribution in [1.82, 2.24) is 9.97 Å². The smallest absolute Gasteiger partial charge is 0.270 e. The topological polar surface area (TPSA) is 94.9 Å². The van der Waals surface area contributed by atoms with Gasteiger partial charge in [-0.05, 0) is 29.3 Å². The molecule has 0 unspecified atom stereocenters. The molecule has 0 aliphatic carbocycles. The van der Waals surface area contributed by atoms with E-state index in [-0.39, 0.29) is 17.4 Å². The lowest BCUT2D eigenvalue weighted by Crippen LogP contribution is -2.04. The molecule has 3 aromatic carbocycles. The van der Waals surface area contributed by atoms with Crippen molar-refractivity contribution in [1.29, 1.82) is 0 Å². The highest BCUT2D eigenvalue weighted by molar-refractivity contribution is 5.89. The Morgan fingerprint density at radius 1 is 0.793 bits per heavy atom. The molecule has 0 bridgehead atoms. The summed E-state index contributed by atoms with van der Waals surface area (Å²) in [6.07, 6.45) is 3.82. The number of non-ortho nitro benzene ring substituents is 1.